The van der Waals surface area contributed by atoms with Crippen LogP contribution in [0.2, 0.25) is 0 Å². The van der Waals surface area contributed by atoms with Crippen LogP contribution in [-0.4, -0.2) is 58.3 Å². The van der Waals surface area contributed by atoms with Gasteiger partial charge in [0.25, 0.3) is 0 Å². The van der Waals surface area contributed by atoms with Crippen LogP contribution in [0.15, 0.2) is 34.2 Å². The van der Waals surface area contributed by atoms with E-state index in [9.17, 15) is 8.42 Å². The average molecular weight is 480 g/mol. The number of nitrogens with one attached hydrogen (secondary N) is 2. The number of aliphatic imine (C=N–C) groups is 1. The van der Waals surface area contributed by atoms with E-state index < -0.39 is 9.84 Å². The van der Waals surface area contributed by atoms with Gasteiger partial charge in [0.1, 0.15) is 0 Å². The molecule has 0 aromatic heterocycles. The molecule has 0 spiro atoms. The molecule has 1 aliphatic heterocycles. The lowest BCUT2D eigenvalue weighted by molar-refractivity contribution is 0.267. The molecular formula is C17H29IN4O2S. The Balaban J connectivity index is 0.00000312. The van der Waals surface area contributed by atoms with Crippen molar-refractivity contribution in [2.75, 3.05) is 32.9 Å². The Morgan fingerprint density at radius 1 is 1.28 bits per heavy atom. The maximum absolute atomic E-state index is 11.5. The molecular weight excluding hydrogens is 451 g/mol. The van der Waals surface area contributed by atoms with E-state index in [4.69, 9.17) is 0 Å². The summed E-state index contributed by atoms with van der Waals surface area (Å²) in [5.74, 6) is 0.769. The molecule has 25 heavy (non-hydrogen) atoms. The van der Waals surface area contributed by atoms with Gasteiger partial charge in [-0.2, -0.15) is 0 Å². The van der Waals surface area contributed by atoms with Crippen molar-refractivity contribution >= 4 is 39.8 Å². The molecule has 1 atom stereocenters. The summed E-state index contributed by atoms with van der Waals surface area (Å²) in [7, 11) is -1.38. The minimum absolute atomic E-state index is 0. The summed E-state index contributed by atoms with van der Waals surface area (Å²) >= 11 is 0. The minimum atomic E-state index is -3.14. The van der Waals surface area contributed by atoms with Gasteiger partial charge in [-0.25, -0.2) is 8.42 Å². The molecule has 0 radical (unpaired) electrons. The van der Waals surface area contributed by atoms with E-state index in [-0.39, 0.29) is 24.0 Å². The average Bonchev–Trinajstić information content (AvgIpc) is 3.02. The largest absolute Gasteiger partial charge is 0.355 e. The maximum atomic E-state index is 11.5. The molecule has 8 heteroatoms. The number of likely N-dealkylation sites (tertiary alicyclic amines) is 1. The molecule has 1 heterocycles. The highest BCUT2D eigenvalue weighted by atomic mass is 127. The van der Waals surface area contributed by atoms with Crippen LogP contribution in [0.3, 0.4) is 0 Å². The van der Waals surface area contributed by atoms with Crippen molar-refractivity contribution in [3.63, 3.8) is 0 Å². The number of halogens is 1. The predicted molar refractivity (Wildman–Crippen MR) is 113 cm³/mol. The smallest absolute Gasteiger partial charge is 0.191 e. The van der Waals surface area contributed by atoms with E-state index >= 15 is 0 Å². The van der Waals surface area contributed by atoms with E-state index in [2.05, 4.69) is 27.4 Å². The molecule has 1 unspecified atom stereocenters. The second-order valence-electron chi connectivity index (χ2n) is 6.15. The Morgan fingerprint density at radius 3 is 2.52 bits per heavy atom. The number of hydrogen-bond acceptors (Lipinski definition) is 4. The molecule has 142 valence electrons. The Morgan fingerprint density at radius 2 is 1.96 bits per heavy atom. The zero-order valence-electron chi connectivity index (χ0n) is 15.2. The number of sulfone groups is 1. The third-order valence-corrected chi connectivity index (χ3v) is 5.57. The molecule has 1 saturated heterocycles. The van der Waals surface area contributed by atoms with Gasteiger partial charge in [0.2, 0.25) is 0 Å². The summed E-state index contributed by atoms with van der Waals surface area (Å²) in [6.45, 7) is 5.96. The third-order valence-electron chi connectivity index (χ3n) is 4.45. The van der Waals surface area contributed by atoms with Crippen molar-refractivity contribution in [1.82, 2.24) is 15.5 Å². The molecule has 2 rings (SSSR count). The van der Waals surface area contributed by atoms with E-state index in [0.717, 1.165) is 24.6 Å². The van der Waals surface area contributed by atoms with Gasteiger partial charge >= 0.3 is 0 Å². The molecule has 1 aromatic rings. The van der Waals surface area contributed by atoms with E-state index in [1.807, 2.05) is 12.1 Å². The summed E-state index contributed by atoms with van der Waals surface area (Å²) in [5.41, 5.74) is 1.02. The lowest BCUT2D eigenvalue weighted by Crippen LogP contribution is -2.44. The van der Waals surface area contributed by atoms with Crippen molar-refractivity contribution in [3.8, 4) is 0 Å². The van der Waals surface area contributed by atoms with Crippen LogP contribution in [-0.2, 0) is 16.4 Å². The topological polar surface area (TPSA) is 73.8 Å². The first-order valence-corrected chi connectivity index (χ1v) is 10.3. The lowest BCUT2D eigenvalue weighted by atomic mass is 10.2. The fraction of sp³-hybridized carbons (Fsp3) is 0.588. The zero-order valence-corrected chi connectivity index (χ0v) is 18.3. The van der Waals surface area contributed by atoms with Crippen LogP contribution >= 0.6 is 24.0 Å². The number of nitrogens with zero attached hydrogens (tertiary/aromatic N) is 2. The lowest BCUT2D eigenvalue weighted by Gasteiger charge is -2.24. The predicted octanol–water partition coefficient (Wildman–Crippen LogP) is 1.86. The number of rotatable bonds is 6. The molecule has 6 nitrogen and oxygen atoms in total. The fourth-order valence-electron chi connectivity index (χ4n) is 3.02. The van der Waals surface area contributed by atoms with Crippen LogP contribution in [0.4, 0.5) is 0 Å². The highest BCUT2D eigenvalue weighted by molar-refractivity contribution is 14.0. The SMILES string of the molecule is CCN1CCCC1CNC(=NC)NCc1ccc(S(C)(=O)=O)cc1.I. The number of guanidine groups is 1. The first-order valence-electron chi connectivity index (χ1n) is 8.41. The van der Waals surface area contributed by atoms with Crippen molar-refractivity contribution in [1.29, 1.82) is 0 Å². The van der Waals surface area contributed by atoms with Crippen LogP contribution in [0.5, 0.6) is 0 Å². The Labute approximate surface area is 168 Å². The quantitative estimate of drug-likeness (QED) is 0.370. The summed E-state index contributed by atoms with van der Waals surface area (Å²) in [4.78, 5) is 7.08. The van der Waals surface area contributed by atoms with Gasteiger partial charge < -0.3 is 10.6 Å². The third kappa shape index (κ3) is 6.74. The number of benzene rings is 1. The van der Waals surface area contributed by atoms with E-state index in [0.29, 0.717) is 17.5 Å². The van der Waals surface area contributed by atoms with Crippen molar-refractivity contribution in [2.45, 2.75) is 37.2 Å². The van der Waals surface area contributed by atoms with Crippen molar-refractivity contribution in [2.24, 2.45) is 4.99 Å². The monoisotopic (exact) mass is 480 g/mol. The Bertz CT molecular complexity index is 662. The van der Waals surface area contributed by atoms with E-state index in [1.54, 1.807) is 19.2 Å². The standard InChI is InChI=1S/C17H28N4O2S.HI/c1-4-21-11-5-6-15(21)13-20-17(18-2)19-12-14-7-9-16(10-8-14)24(3,22)23;/h7-10,15H,4-6,11-13H2,1-3H3,(H2,18,19,20);1H. The van der Waals surface area contributed by atoms with Gasteiger partial charge in [-0.3, -0.25) is 9.89 Å². The maximum Gasteiger partial charge on any atom is 0.191 e. The van der Waals surface area contributed by atoms with E-state index in [1.165, 1.54) is 25.6 Å². The van der Waals surface area contributed by atoms with Gasteiger partial charge in [0.15, 0.2) is 15.8 Å². The van der Waals surface area contributed by atoms with Crippen LogP contribution in [0.1, 0.15) is 25.3 Å². The number of hydrogen-bond donors (Lipinski definition) is 2. The molecule has 1 aliphatic rings. The van der Waals surface area contributed by atoms with Crippen LogP contribution in [0, 0.1) is 0 Å². The summed E-state index contributed by atoms with van der Waals surface area (Å²) in [6, 6.07) is 7.50. The summed E-state index contributed by atoms with van der Waals surface area (Å²) in [5, 5.41) is 6.65. The van der Waals surface area contributed by atoms with Gasteiger partial charge in [-0.1, -0.05) is 19.1 Å². The van der Waals surface area contributed by atoms with Gasteiger partial charge in [-0.05, 0) is 43.6 Å². The molecule has 1 fully saturated rings. The van der Waals surface area contributed by atoms with Crippen molar-refractivity contribution in [3.05, 3.63) is 29.8 Å². The van der Waals surface area contributed by atoms with Gasteiger partial charge in [0.05, 0.1) is 4.90 Å². The molecule has 0 saturated carbocycles. The molecule has 0 amide bonds. The molecule has 1 aromatic carbocycles. The normalized spacial score (nSPS) is 18.7. The highest BCUT2D eigenvalue weighted by Gasteiger charge is 2.22. The Kier molecular flexibility index (Phi) is 9.15. The summed E-state index contributed by atoms with van der Waals surface area (Å²) in [6.07, 6.45) is 3.71. The van der Waals surface area contributed by atoms with Crippen LogP contribution in [0.25, 0.3) is 0 Å². The van der Waals surface area contributed by atoms with Gasteiger partial charge in [0, 0.05) is 32.4 Å². The fourth-order valence-corrected chi connectivity index (χ4v) is 3.65. The molecule has 0 aliphatic carbocycles. The second-order valence-corrected chi connectivity index (χ2v) is 8.16. The second kappa shape index (κ2) is 10.3. The molecule has 0 bridgehead atoms. The first-order chi connectivity index (χ1) is 11.4. The van der Waals surface area contributed by atoms with Crippen molar-refractivity contribution < 1.29 is 8.42 Å². The summed E-state index contributed by atoms with van der Waals surface area (Å²) < 4.78 is 22.9. The zero-order chi connectivity index (χ0) is 17.6. The highest BCUT2D eigenvalue weighted by Crippen LogP contribution is 2.15. The minimum Gasteiger partial charge on any atom is -0.355 e. The number of likely N-dealkylation sites (N-methyl/N-ethyl adjacent to an activating group) is 1. The molecule has 2 N–H and O–H groups in total. The Hall–Kier alpha value is -0.870. The van der Waals surface area contributed by atoms with Gasteiger partial charge in [-0.15, -0.1) is 24.0 Å². The van der Waals surface area contributed by atoms with Crippen LogP contribution < -0.4 is 10.6 Å². The first kappa shape index (κ1) is 22.2.